The first-order valence-corrected chi connectivity index (χ1v) is 8.12. The van der Waals surface area contributed by atoms with E-state index >= 15 is 0 Å². The standard InChI is InChI=1S/C17H14ClF4N5/c1-8-2-9(19)4-11(3-8)27(7-14(21)22)16-12-5-10(20)6-13(18)15(12)24-17(25-16)26-23/h2-6,14H,7,23H2,1H3,(H,24,25,26). The lowest BCUT2D eigenvalue weighted by Crippen LogP contribution is -2.26. The summed E-state index contributed by atoms with van der Waals surface area (Å²) >= 11 is 6.04. The predicted molar refractivity (Wildman–Crippen MR) is 96.5 cm³/mol. The predicted octanol–water partition coefficient (Wildman–Crippen LogP) is 4.56. The van der Waals surface area contributed by atoms with E-state index in [-0.39, 0.29) is 33.4 Å². The smallest absolute Gasteiger partial charge is 0.256 e. The second-order valence-corrected chi connectivity index (χ2v) is 6.19. The largest absolute Gasteiger partial charge is 0.320 e. The molecule has 1 aromatic heterocycles. The maximum atomic E-state index is 13.9. The van der Waals surface area contributed by atoms with E-state index in [1.807, 2.05) is 0 Å². The van der Waals surface area contributed by atoms with Gasteiger partial charge in [0, 0.05) is 11.1 Å². The van der Waals surface area contributed by atoms with Gasteiger partial charge in [-0.3, -0.25) is 5.43 Å². The highest BCUT2D eigenvalue weighted by Gasteiger charge is 2.22. The highest BCUT2D eigenvalue weighted by atomic mass is 35.5. The summed E-state index contributed by atoms with van der Waals surface area (Å²) in [4.78, 5) is 9.21. The summed E-state index contributed by atoms with van der Waals surface area (Å²) in [6, 6.07) is 5.95. The van der Waals surface area contributed by atoms with E-state index in [0.29, 0.717) is 5.56 Å². The molecule has 0 radical (unpaired) electrons. The van der Waals surface area contributed by atoms with Gasteiger partial charge < -0.3 is 4.90 Å². The van der Waals surface area contributed by atoms with E-state index in [0.717, 1.165) is 23.1 Å². The Hall–Kier alpha value is -2.65. The highest BCUT2D eigenvalue weighted by Crippen LogP contribution is 2.35. The molecule has 0 aliphatic carbocycles. The number of hydrogen-bond donors (Lipinski definition) is 2. The van der Waals surface area contributed by atoms with E-state index in [1.54, 1.807) is 6.92 Å². The normalized spacial score (nSPS) is 11.3. The van der Waals surface area contributed by atoms with Gasteiger partial charge in [0.25, 0.3) is 6.43 Å². The Kier molecular flexibility index (Phi) is 5.33. The summed E-state index contributed by atoms with van der Waals surface area (Å²) in [5.74, 6) is 3.86. The molecule has 2 aromatic carbocycles. The molecular formula is C17H14ClF4N5. The van der Waals surface area contributed by atoms with Crippen LogP contribution in [0.25, 0.3) is 10.9 Å². The number of nitrogens with one attached hydrogen (secondary N) is 1. The fraction of sp³-hybridized carbons (Fsp3) is 0.176. The third kappa shape index (κ3) is 4.04. The van der Waals surface area contributed by atoms with E-state index in [4.69, 9.17) is 17.4 Å². The number of alkyl halides is 2. The number of anilines is 3. The molecule has 5 nitrogen and oxygen atoms in total. The minimum absolute atomic E-state index is 0.0439. The number of hydrogen-bond acceptors (Lipinski definition) is 5. The zero-order chi connectivity index (χ0) is 19.7. The van der Waals surface area contributed by atoms with E-state index < -0.39 is 24.6 Å². The van der Waals surface area contributed by atoms with Crippen LogP contribution < -0.4 is 16.2 Å². The molecule has 10 heteroatoms. The zero-order valence-corrected chi connectivity index (χ0v) is 14.7. The fourth-order valence-corrected chi connectivity index (χ4v) is 2.99. The molecule has 0 fully saturated rings. The molecule has 0 saturated heterocycles. The van der Waals surface area contributed by atoms with Crippen molar-refractivity contribution in [3.8, 4) is 0 Å². The third-order valence-electron chi connectivity index (χ3n) is 3.74. The van der Waals surface area contributed by atoms with Crippen LogP contribution in [0.2, 0.25) is 5.02 Å². The van der Waals surface area contributed by atoms with Gasteiger partial charge in [-0.05, 0) is 42.8 Å². The van der Waals surface area contributed by atoms with Gasteiger partial charge in [-0.25, -0.2) is 28.4 Å². The lowest BCUT2D eigenvalue weighted by molar-refractivity contribution is 0.158. The first-order chi connectivity index (χ1) is 12.8. The summed E-state index contributed by atoms with van der Waals surface area (Å²) in [5.41, 5.74) is 2.97. The number of rotatable bonds is 5. The molecule has 0 atom stereocenters. The van der Waals surface area contributed by atoms with Gasteiger partial charge in [-0.2, -0.15) is 4.98 Å². The lowest BCUT2D eigenvalue weighted by Gasteiger charge is -2.25. The van der Waals surface area contributed by atoms with Crippen molar-refractivity contribution in [2.75, 3.05) is 16.9 Å². The Balaban J connectivity index is 2.32. The van der Waals surface area contributed by atoms with Crippen molar-refractivity contribution < 1.29 is 17.6 Å². The number of halogens is 5. The van der Waals surface area contributed by atoms with E-state index in [9.17, 15) is 17.6 Å². The molecular weight excluding hydrogens is 386 g/mol. The first-order valence-electron chi connectivity index (χ1n) is 7.74. The number of fused-ring (bicyclic) bond motifs is 1. The molecule has 0 aliphatic heterocycles. The fourth-order valence-electron chi connectivity index (χ4n) is 2.74. The molecule has 3 aromatic rings. The number of hydrazine groups is 1. The molecule has 3 N–H and O–H groups in total. The average molecular weight is 400 g/mol. The Labute approximate surface area is 156 Å². The van der Waals surface area contributed by atoms with Crippen LogP contribution in [0, 0.1) is 18.6 Å². The number of aromatic nitrogens is 2. The number of nitrogens with zero attached hydrogens (tertiary/aromatic N) is 3. The molecule has 0 spiro atoms. The summed E-state index contributed by atoms with van der Waals surface area (Å²) in [6.07, 6.45) is -2.78. The quantitative estimate of drug-likeness (QED) is 0.374. The number of nitrogen functional groups attached to an aromatic ring is 1. The number of nitrogens with two attached hydrogens (primary N) is 1. The van der Waals surface area contributed by atoms with Crippen LogP contribution in [0.15, 0.2) is 30.3 Å². The Morgan fingerprint density at radius 1 is 1.11 bits per heavy atom. The summed E-state index contributed by atoms with van der Waals surface area (Å²) in [7, 11) is 0. The summed E-state index contributed by atoms with van der Waals surface area (Å²) in [5, 5.41) is 0.0409. The van der Waals surface area contributed by atoms with Gasteiger partial charge in [0.2, 0.25) is 5.95 Å². The summed E-state index contributed by atoms with van der Waals surface area (Å²) < 4.78 is 54.3. The van der Waals surface area contributed by atoms with Gasteiger partial charge in [0.1, 0.15) is 17.5 Å². The van der Waals surface area contributed by atoms with Crippen LogP contribution in [0.1, 0.15) is 5.56 Å². The van der Waals surface area contributed by atoms with Crippen molar-refractivity contribution in [3.05, 3.63) is 52.6 Å². The van der Waals surface area contributed by atoms with Crippen LogP contribution in [-0.2, 0) is 0 Å². The van der Waals surface area contributed by atoms with Crippen LogP contribution in [0.3, 0.4) is 0 Å². The highest BCUT2D eigenvalue weighted by molar-refractivity contribution is 6.35. The zero-order valence-electron chi connectivity index (χ0n) is 14.0. The Bertz CT molecular complexity index is 978. The van der Waals surface area contributed by atoms with Crippen LogP contribution in [0.4, 0.5) is 35.0 Å². The van der Waals surface area contributed by atoms with Crippen molar-refractivity contribution in [1.29, 1.82) is 0 Å². The molecule has 27 heavy (non-hydrogen) atoms. The second-order valence-electron chi connectivity index (χ2n) is 5.79. The van der Waals surface area contributed by atoms with E-state index in [2.05, 4.69) is 15.4 Å². The summed E-state index contributed by atoms with van der Waals surface area (Å²) in [6.45, 7) is 0.807. The maximum absolute atomic E-state index is 13.9. The van der Waals surface area contributed by atoms with Crippen molar-refractivity contribution in [2.45, 2.75) is 13.3 Å². The minimum Gasteiger partial charge on any atom is -0.320 e. The van der Waals surface area contributed by atoms with Gasteiger partial charge in [0.15, 0.2) is 0 Å². The van der Waals surface area contributed by atoms with Crippen molar-refractivity contribution in [2.24, 2.45) is 5.84 Å². The SMILES string of the molecule is Cc1cc(F)cc(N(CC(F)F)c2nc(NN)nc3c(Cl)cc(F)cc23)c1. The Morgan fingerprint density at radius 2 is 1.81 bits per heavy atom. The maximum Gasteiger partial charge on any atom is 0.256 e. The van der Waals surface area contributed by atoms with Crippen molar-refractivity contribution in [1.82, 2.24) is 9.97 Å². The number of benzene rings is 2. The molecule has 0 bridgehead atoms. The van der Waals surface area contributed by atoms with Gasteiger partial charge in [-0.15, -0.1) is 0 Å². The van der Waals surface area contributed by atoms with Crippen molar-refractivity contribution in [3.63, 3.8) is 0 Å². The van der Waals surface area contributed by atoms with Crippen LogP contribution >= 0.6 is 11.6 Å². The Morgan fingerprint density at radius 3 is 2.44 bits per heavy atom. The average Bonchev–Trinajstić information content (AvgIpc) is 2.58. The minimum atomic E-state index is -2.78. The molecule has 142 valence electrons. The van der Waals surface area contributed by atoms with Crippen LogP contribution in [-0.4, -0.2) is 22.9 Å². The molecule has 0 unspecified atom stereocenters. The molecule has 0 aliphatic rings. The van der Waals surface area contributed by atoms with Gasteiger partial charge in [-0.1, -0.05) is 11.6 Å². The topological polar surface area (TPSA) is 67.1 Å². The van der Waals surface area contributed by atoms with E-state index in [1.165, 1.54) is 12.1 Å². The van der Waals surface area contributed by atoms with Gasteiger partial charge >= 0.3 is 0 Å². The molecule has 0 saturated carbocycles. The third-order valence-corrected chi connectivity index (χ3v) is 4.03. The van der Waals surface area contributed by atoms with Crippen LogP contribution in [0.5, 0.6) is 0 Å². The molecule has 1 heterocycles. The monoisotopic (exact) mass is 399 g/mol. The van der Waals surface area contributed by atoms with Crippen molar-refractivity contribution >= 4 is 40.0 Å². The molecule has 3 rings (SSSR count). The van der Waals surface area contributed by atoms with Gasteiger partial charge in [0.05, 0.1) is 17.1 Å². The number of aryl methyl sites for hydroxylation is 1. The molecule has 0 amide bonds. The lowest BCUT2D eigenvalue weighted by atomic mass is 10.1. The first kappa shape index (κ1) is 19.1. The second kappa shape index (κ2) is 7.53.